The molecule has 3 rings (SSSR count). The zero-order valence-electron chi connectivity index (χ0n) is 13.2. The predicted molar refractivity (Wildman–Crippen MR) is 98.6 cm³/mol. The van der Waals surface area contributed by atoms with Crippen molar-refractivity contribution in [1.82, 2.24) is 15.6 Å². The lowest BCUT2D eigenvalue weighted by Crippen LogP contribution is -2.47. The standard InChI is InChI=1S/C16H24N4O.HI/c1-3-17-16(18-10-12-6-4-5-11(2)19-12)20-14-9-13-7-8-15(14)21-13;/h4-6,13-15H,3,7-10H2,1-2H3,(H2,17,18,20);1H. The minimum absolute atomic E-state index is 0. The monoisotopic (exact) mass is 416 g/mol. The molecular formula is C16H25IN4O. The number of fused-ring (bicyclic) bond motifs is 2. The zero-order valence-corrected chi connectivity index (χ0v) is 15.5. The highest BCUT2D eigenvalue weighted by atomic mass is 127. The van der Waals surface area contributed by atoms with Crippen molar-refractivity contribution in [3.8, 4) is 0 Å². The Morgan fingerprint density at radius 3 is 2.91 bits per heavy atom. The van der Waals surface area contributed by atoms with Crippen LogP contribution in [-0.4, -0.2) is 35.7 Å². The minimum atomic E-state index is 0. The molecule has 0 spiro atoms. The van der Waals surface area contributed by atoms with Crippen LogP contribution in [0.2, 0.25) is 0 Å². The summed E-state index contributed by atoms with van der Waals surface area (Å²) < 4.78 is 5.88. The fourth-order valence-electron chi connectivity index (χ4n) is 3.13. The highest BCUT2D eigenvalue weighted by molar-refractivity contribution is 14.0. The van der Waals surface area contributed by atoms with Crippen molar-refractivity contribution < 1.29 is 4.74 Å². The first-order chi connectivity index (χ1) is 10.2. The highest BCUT2D eigenvalue weighted by Crippen LogP contribution is 2.34. The Bertz CT molecular complexity index is 523. The lowest BCUT2D eigenvalue weighted by molar-refractivity contribution is 0.0992. The normalized spacial score (nSPS) is 26.6. The van der Waals surface area contributed by atoms with Gasteiger partial charge in [-0.15, -0.1) is 24.0 Å². The van der Waals surface area contributed by atoms with Gasteiger partial charge in [-0.25, -0.2) is 4.99 Å². The van der Waals surface area contributed by atoms with Crippen LogP contribution < -0.4 is 10.6 Å². The molecule has 3 heterocycles. The summed E-state index contributed by atoms with van der Waals surface area (Å²) in [4.78, 5) is 9.14. The van der Waals surface area contributed by atoms with Crippen LogP contribution >= 0.6 is 24.0 Å². The van der Waals surface area contributed by atoms with Gasteiger partial charge in [-0.2, -0.15) is 0 Å². The van der Waals surface area contributed by atoms with E-state index in [0.717, 1.165) is 30.3 Å². The number of nitrogens with zero attached hydrogens (tertiary/aromatic N) is 2. The van der Waals surface area contributed by atoms with E-state index in [-0.39, 0.29) is 24.0 Å². The van der Waals surface area contributed by atoms with Crippen LogP contribution in [0.25, 0.3) is 0 Å². The van der Waals surface area contributed by atoms with E-state index in [2.05, 4.69) is 27.5 Å². The summed E-state index contributed by atoms with van der Waals surface area (Å²) in [6.45, 7) is 5.54. The van der Waals surface area contributed by atoms with Crippen LogP contribution in [0.5, 0.6) is 0 Å². The van der Waals surface area contributed by atoms with Gasteiger partial charge < -0.3 is 15.4 Å². The summed E-state index contributed by atoms with van der Waals surface area (Å²) >= 11 is 0. The number of hydrogen-bond donors (Lipinski definition) is 2. The molecule has 122 valence electrons. The van der Waals surface area contributed by atoms with Crippen LogP contribution in [-0.2, 0) is 11.3 Å². The second kappa shape index (κ2) is 8.10. The van der Waals surface area contributed by atoms with E-state index in [9.17, 15) is 0 Å². The third-order valence-corrected chi connectivity index (χ3v) is 4.12. The molecule has 3 atom stereocenters. The van der Waals surface area contributed by atoms with E-state index in [1.807, 2.05) is 25.1 Å². The molecule has 2 aliphatic heterocycles. The molecule has 0 radical (unpaired) electrons. The number of pyridine rings is 1. The first kappa shape index (κ1) is 17.5. The minimum Gasteiger partial charge on any atom is -0.373 e. The van der Waals surface area contributed by atoms with Gasteiger partial charge in [-0.1, -0.05) is 6.07 Å². The summed E-state index contributed by atoms with van der Waals surface area (Å²) in [6, 6.07) is 6.44. The highest BCUT2D eigenvalue weighted by Gasteiger charge is 2.41. The molecule has 1 aromatic rings. The van der Waals surface area contributed by atoms with Crippen molar-refractivity contribution in [2.45, 2.75) is 57.9 Å². The number of nitrogens with one attached hydrogen (secondary N) is 2. The smallest absolute Gasteiger partial charge is 0.191 e. The summed E-state index contributed by atoms with van der Waals surface area (Å²) in [7, 11) is 0. The summed E-state index contributed by atoms with van der Waals surface area (Å²) in [5.74, 6) is 0.863. The third kappa shape index (κ3) is 4.32. The molecule has 2 bridgehead atoms. The maximum atomic E-state index is 5.88. The fraction of sp³-hybridized carbons (Fsp3) is 0.625. The average molecular weight is 416 g/mol. The first-order valence-corrected chi connectivity index (χ1v) is 7.87. The fourth-order valence-corrected chi connectivity index (χ4v) is 3.13. The molecular weight excluding hydrogens is 391 g/mol. The second-order valence-electron chi connectivity index (χ2n) is 5.83. The number of guanidine groups is 1. The quantitative estimate of drug-likeness (QED) is 0.450. The van der Waals surface area contributed by atoms with E-state index in [1.165, 1.54) is 12.8 Å². The summed E-state index contributed by atoms with van der Waals surface area (Å²) in [6.07, 6.45) is 4.28. The Morgan fingerprint density at radius 1 is 1.41 bits per heavy atom. The topological polar surface area (TPSA) is 58.5 Å². The Balaban J connectivity index is 0.00000176. The van der Waals surface area contributed by atoms with Crippen molar-refractivity contribution in [2.75, 3.05) is 6.54 Å². The van der Waals surface area contributed by atoms with Gasteiger partial charge in [-0.05, 0) is 45.2 Å². The van der Waals surface area contributed by atoms with E-state index in [0.29, 0.717) is 24.8 Å². The lowest BCUT2D eigenvalue weighted by atomic mass is 9.96. The molecule has 5 nitrogen and oxygen atoms in total. The Morgan fingerprint density at radius 2 is 2.27 bits per heavy atom. The van der Waals surface area contributed by atoms with Crippen molar-refractivity contribution in [2.24, 2.45) is 4.99 Å². The van der Waals surface area contributed by atoms with Crippen molar-refractivity contribution in [3.05, 3.63) is 29.6 Å². The zero-order chi connectivity index (χ0) is 14.7. The molecule has 2 saturated heterocycles. The number of aliphatic imine (C=N–C) groups is 1. The molecule has 3 unspecified atom stereocenters. The molecule has 0 amide bonds. The van der Waals surface area contributed by atoms with Crippen molar-refractivity contribution in [3.63, 3.8) is 0 Å². The van der Waals surface area contributed by atoms with Crippen LogP contribution in [0.15, 0.2) is 23.2 Å². The SMILES string of the molecule is CCNC(=NCc1cccc(C)n1)NC1CC2CCC1O2.I. The third-order valence-electron chi connectivity index (χ3n) is 4.12. The Hall–Kier alpha value is -0.890. The number of aromatic nitrogens is 1. The van der Waals surface area contributed by atoms with Gasteiger partial charge in [0.1, 0.15) is 0 Å². The number of aryl methyl sites for hydroxylation is 1. The molecule has 2 aliphatic rings. The van der Waals surface area contributed by atoms with E-state index in [4.69, 9.17) is 4.74 Å². The van der Waals surface area contributed by atoms with Crippen LogP contribution in [0, 0.1) is 6.92 Å². The van der Waals surface area contributed by atoms with Crippen LogP contribution in [0.1, 0.15) is 37.6 Å². The van der Waals surface area contributed by atoms with Gasteiger partial charge in [0.2, 0.25) is 0 Å². The molecule has 1 aromatic heterocycles. The number of rotatable bonds is 4. The summed E-state index contributed by atoms with van der Waals surface area (Å²) in [5.41, 5.74) is 2.03. The number of halogens is 1. The van der Waals surface area contributed by atoms with Crippen LogP contribution in [0.3, 0.4) is 0 Å². The predicted octanol–water partition coefficient (Wildman–Crippen LogP) is 2.38. The number of ether oxygens (including phenoxy) is 1. The maximum absolute atomic E-state index is 5.88. The molecule has 0 aliphatic carbocycles. The van der Waals surface area contributed by atoms with Gasteiger partial charge in [0.15, 0.2) is 5.96 Å². The van der Waals surface area contributed by atoms with E-state index >= 15 is 0 Å². The Kier molecular flexibility index (Phi) is 6.43. The largest absolute Gasteiger partial charge is 0.373 e. The van der Waals surface area contributed by atoms with E-state index in [1.54, 1.807) is 0 Å². The second-order valence-corrected chi connectivity index (χ2v) is 5.83. The van der Waals surface area contributed by atoms with Gasteiger partial charge in [-0.3, -0.25) is 4.98 Å². The molecule has 6 heteroatoms. The van der Waals surface area contributed by atoms with Gasteiger partial charge in [0.05, 0.1) is 30.5 Å². The van der Waals surface area contributed by atoms with Crippen molar-refractivity contribution in [1.29, 1.82) is 0 Å². The van der Waals surface area contributed by atoms with Gasteiger partial charge in [0.25, 0.3) is 0 Å². The molecule has 2 N–H and O–H groups in total. The van der Waals surface area contributed by atoms with Crippen molar-refractivity contribution >= 4 is 29.9 Å². The van der Waals surface area contributed by atoms with Gasteiger partial charge in [0, 0.05) is 12.2 Å². The van der Waals surface area contributed by atoms with Crippen LogP contribution in [0.4, 0.5) is 0 Å². The lowest BCUT2D eigenvalue weighted by Gasteiger charge is -2.22. The summed E-state index contributed by atoms with van der Waals surface area (Å²) in [5, 5.41) is 6.83. The Labute approximate surface area is 149 Å². The molecule has 2 fully saturated rings. The first-order valence-electron chi connectivity index (χ1n) is 7.87. The average Bonchev–Trinajstić information content (AvgIpc) is 3.08. The van der Waals surface area contributed by atoms with Gasteiger partial charge >= 0.3 is 0 Å². The molecule has 0 aromatic carbocycles. The van der Waals surface area contributed by atoms with E-state index < -0.39 is 0 Å². The molecule has 22 heavy (non-hydrogen) atoms. The molecule has 0 saturated carbocycles. The number of hydrogen-bond acceptors (Lipinski definition) is 3. The maximum Gasteiger partial charge on any atom is 0.191 e.